The minimum Gasteiger partial charge on any atom is -0.780 e. The smallest absolute Gasteiger partial charge is 0.351 e. The number of ether oxygens (including phenoxy) is 7. The third-order valence-corrected chi connectivity index (χ3v) is 34.9. The van der Waals surface area contributed by atoms with Gasteiger partial charge in [0.05, 0.1) is 101 Å². The molecule has 7 saturated heterocycles. The van der Waals surface area contributed by atoms with E-state index in [0.29, 0.717) is 0 Å². The Hall–Kier alpha value is -6.50. The van der Waals surface area contributed by atoms with Crippen molar-refractivity contribution < 1.29 is 130 Å². The number of aryl methyl sites for hydroxylation is 5. The zero-order valence-electron chi connectivity index (χ0n) is 75.8. The molecule has 0 aliphatic carbocycles. The summed E-state index contributed by atoms with van der Waals surface area (Å²) in [7, 11) is 1.01. The second-order valence-corrected chi connectivity index (χ2v) is 52.7. The molecule has 788 valence electrons. The molecule has 16 rings (SSSR count). The van der Waals surface area contributed by atoms with E-state index in [1.54, 1.807) is 6.92 Å². The maximum absolute atomic E-state index is 15.0. The van der Waals surface area contributed by atoms with E-state index < -0.39 is 286 Å². The van der Waals surface area contributed by atoms with E-state index in [4.69, 9.17) is 197 Å². The molecule has 0 saturated carbocycles. The predicted octanol–water partition coefficient (Wildman–Crippen LogP) is -2.56. The van der Waals surface area contributed by atoms with E-state index in [1.165, 1.54) is 81.3 Å². The summed E-state index contributed by atoms with van der Waals surface area (Å²) in [6.45, 7) is -29.9. The number of nitrogens with one attached hydrogen (secondary N) is 4. The summed E-state index contributed by atoms with van der Waals surface area (Å²) >= 11 is 37.9. The van der Waals surface area contributed by atoms with Crippen molar-refractivity contribution in [3.63, 3.8) is 0 Å². The number of fused-ring (bicyclic) bond motifs is 2. The van der Waals surface area contributed by atoms with Gasteiger partial charge in [0, 0.05) is 111 Å². The number of anilines is 3. The van der Waals surface area contributed by atoms with Gasteiger partial charge < -0.3 is 155 Å². The monoisotopic (exact) mass is 2280 g/mol. The van der Waals surface area contributed by atoms with Gasteiger partial charge in [0.2, 0.25) is 0 Å². The van der Waals surface area contributed by atoms with E-state index >= 15 is 4.89 Å². The molecular weight excluding hydrogens is 2190 g/mol. The number of nitrogens with zero attached hydrogens (tertiary/aromatic N) is 14. The molecule has 58 nitrogen and oxygen atoms in total. The fraction of sp³-hybridized carbons (Fsp3) is 0.583. The van der Waals surface area contributed by atoms with Gasteiger partial charge in [0.1, 0.15) is 150 Å². The van der Waals surface area contributed by atoms with Gasteiger partial charge in [0.15, 0.2) is 29.7 Å². The van der Waals surface area contributed by atoms with Crippen LogP contribution in [0.15, 0.2) is 99.4 Å². The molecule has 9 aromatic rings. The first-order valence-electron chi connectivity index (χ1n) is 43.2. The fourth-order valence-corrected chi connectivity index (χ4v) is 26.4. The SMILES string of the molecule is CC[C@H]1O[C@@H](n2cc(C)c(=O)[nH]c2=O)C[C@H]1OP([O-])(=S)OC[C@H]1O[C@@H](n2cnc3c(N)ncnc32)C[C@H]1OP(=O)([S-])OC[C@H]1O[C@@H](n2cnc3c(N)ncnc32)C[C@H]1OP([O-])(=S)OC[C@H]1O[C@@H](n2cc(C)c(N)nc2=O)C[C@H]1OP([O-])(=S)OC[C@H]1O[C@@H](n2cc(C)c(=O)[nH]c2=O)C[C@H]1OP([O-])(=S)OC[C@H]1O[C@@H](n2cc(C)c(=O)[nH]c2=O)C[C@H]1OP([O-])(=S)OC[C@H]1O[C@@H](n2cc(C)c(=O)[nH]c2=O)C[C@H]1OP([O-])(=S)OC. The molecule has 28 atom stereocenters. The van der Waals surface area contributed by atoms with Crippen molar-refractivity contribution in [1.82, 2.24) is 86.8 Å². The van der Waals surface area contributed by atoms with Gasteiger partial charge >= 0.3 is 28.4 Å². The molecule has 0 amide bonds. The fourth-order valence-electron chi connectivity index (χ4n) is 16.7. The molecule has 0 aromatic carbocycles. The summed E-state index contributed by atoms with van der Waals surface area (Å²) in [5.41, 5.74) is 12.0. The van der Waals surface area contributed by atoms with Gasteiger partial charge in [-0.3, -0.25) is 75.6 Å². The van der Waals surface area contributed by atoms with E-state index in [0.717, 1.165) is 48.7 Å². The number of rotatable bonds is 41. The maximum atomic E-state index is 15.0. The van der Waals surface area contributed by atoms with Gasteiger partial charge in [-0.2, -0.15) is 4.98 Å². The zero-order valence-corrected chi connectivity index (χ0v) is 87.8. The van der Waals surface area contributed by atoms with Gasteiger partial charge in [-0.05, 0) is 41.0 Å². The Morgan fingerprint density at radius 1 is 0.361 bits per heavy atom. The minimum atomic E-state index is -5.06. The highest BCUT2D eigenvalue weighted by atomic mass is 32.7. The lowest BCUT2D eigenvalue weighted by atomic mass is 10.1. The van der Waals surface area contributed by atoms with E-state index in [9.17, 15) is 72.2 Å². The third-order valence-electron chi connectivity index (χ3n) is 23.8. The topological polar surface area (TPSA) is 769 Å². The van der Waals surface area contributed by atoms with E-state index in [-0.39, 0.29) is 99.7 Å². The molecule has 7 unspecified atom stereocenters. The number of hydrogen-bond acceptors (Lipinski definition) is 54. The van der Waals surface area contributed by atoms with Crippen molar-refractivity contribution in [3.05, 3.63) is 178 Å². The van der Waals surface area contributed by atoms with Crippen molar-refractivity contribution in [3.8, 4) is 0 Å². The Bertz CT molecular complexity index is 7320. The van der Waals surface area contributed by atoms with Crippen molar-refractivity contribution >= 4 is 170 Å². The van der Waals surface area contributed by atoms with Crippen LogP contribution >= 0.6 is 47.1 Å². The summed E-state index contributed by atoms with van der Waals surface area (Å²) < 4.78 is 148. The Morgan fingerprint density at radius 2 is 0.611 bits per heavy atom. The highest BCUT2D eigenvalue weighted by Gasteiger charge is 2.49. The average Bonchev–Trinajstić information content (AvgIpc) is 1.63. The average molecular weight is 2280 g/mol. The van der Waals surface area contributed by atoms with Gasteiger partial charge in [-0.1, -0.05) is 77.8 Å². The summed E-state index contributed by atoms with van der Waals surface area (Å²) in [6, 6.07) is 0. The van der Waals surface area contributed by atoms with Crippen LogP contribution in [0, 0.1) is 34.6 Å². The molecule has 0 bridgehead atoms. The molecule has 0 spiro atoms. The lowest BCUT2D eigenvalue weighted by Crippen LogP contribution is -2.35. The number of aromatic amines is 4. The highest BCUT2D eigenvalue weighted by Crippen LogP contribution is 2.57. The Morgan fingerprint density at radius 3 is 0.903 bits per heavy atom. The molecular formula is C72H89N21O37P7S7-7. The standard InChI is InChI=1S/C72H96N21O37P7S7/c1-8-36-37(9-50(117-36)88-17-32(3)64(94)83-69(88)99)125-132(104,139)111-25-48-42(14-55(122-48)92-29-80-57-60(74)76-27-78-62(57)92)130-137(109,144)116-26-49-43(15-56(123-49)93-30-81-58-61(75)77-28-79-63(58)93)129-136(108,143)115-22-45-39(11-51(119-45)87-16-31(2)59(73)82-68(87)98)126-134(106,141)113-23-47-41(13-54(121-47)91-20-35(6)67(97)86-72(91)102)128-135(107,142)114-24-46-40(12-53(120-46)90-19-34(5)66(96)85-71(90)101)127-133(105,140)112-21-44-38(124-131(103,138)110-7)10-52(118-44)89-18-33(4)65(95)84-70(89)100/h16-20,27-30,36-56H,8-15,21-26H2,1-7H3,(H,103,138)(H,104,139)(H,105,140)(H,106,141)(H,107,142)(H,108,143)(H,109,144)(H2,73,82,98)(H2,74,76,78)(H2,75,77,79)(H,83,94,99)(H,84,95,100)(H,85,96,101)(H,86,97,102)/p-7/t36-,37-,38-,39-,40-,41-,42-,43-,44-,45-,46-,47-,48-,49-,50-,51-,52-,53-,54-,55-,56-,131?,132?,133?,134?,135?,136?,137?/m1/s1. The normalized spacial score (nSPS) is 29.7. The van der Waals surface area contributed by atoms with Crippen molar-refractivity contribution in [1.29, 1.82) is 0 Å². The lowest BCUT2D eigenvalue weighted by Gasteiger charge is -2.36. The molecule has 16 heterocycles. The summed E-state index contributed by atoms with van der Waals surface area (Å²) in [5, 5.41) is 0. The second-order valence-electron chi connectivity index (χ2n) is 33.6. The molecule has 9 aromatic heterocycles. The quantitative estimate of drug-likeness (QED) is 0.0153. The highest BCUT2D eigenvalue weighted by molar-refractivity contribution is 8.32. The molecule has 0 radical (unpaired) electrons. The maximum Gasteiger partial charge on any atom is 0.351 e. The molecule has 7 fully saturated rings. The van der Waals surface area contributed by atoms with Gasteiger partial charge in [-0.25, -0.2) is 53.9 Å². The zero-order chi connectivity index (χ0) is 104. The minimum absolute atomic E-state index is 0.00249. The van der Waals surface area contributed by atoms with Crippen LogP contribution in [0.5, 0.6) is 0 Å². The van der Waals surface area contributed by atoms with Crippen LogP contribution in [0.1, 0.15) is 130 Å². The molecule has 7 aliphatic rings. The number of hydrogen-bond donors (Lipinski definition) is 7. The molecule has 72 heteroatoms. The number of imidazole rings is 2. The number of nitrogen functional groups attached to an aromatic ring is 3. The van der Waals surface area contributed by atoms with Crippen LogP contribution in [0.4, 0.5) is 17.5 Å². The van der Waals surface area contributed by atoms with Crippen LogP contribution in [-0.2, 0) is 184 Å². The number of aromatic nitrogens is 18. The van der Waals surface area contributed by atoms with Crippen LogP contribution in [0.25, 0.3) is 22.3 Å². The summed E-state index contributed by atoms with van der Waals surface area (Å²) in [6.07, 6.45) is -19.7. The first-order chi connectivity index (χ1) is 67.8. The second kappa shape index (κ2) is 44.4. The van der Waals surface area contributed by atoms with Crippen molar-refractivity contribution in [2.45, 2.75) is 222 Å². The molecule has 144 heavy (non-hydrogen) atoms. The van der Waals surface area contributed by atoms with E-state index in [1.807, 2.05) is 0 Å². The first kappa shape index (κ1) is 110. The van der Waals surface area contributed by atoms with Crippen LogP contribution < -0.4 is 97.2 Å². The predicted molar refractivity (Wildman–Crippen MR) is 509 cm³/mol. The van der Waals surface area contributed by atoms with Crippen molar-refractivity contribution in [2.75, 3.05) is 64.0 Å². The van der Waals surface area contributed by atoms with Crippen molar-refractivity contribution in [2.24, 2.45) is 0 Å². The third kappa shape index (κ3) is 25.9. The van der Waals surface area contributed by atoms with Crippen LogP contribution in [-0.4, -0.2) is 219 Å². The summed E-state index contributed by atoms with van der Waals surface area (Å²) in [4.78, 5) is 240. The van der Waals surface area contributed by atoms with Gasteiger partial charge in [-0.15, -0.1) is 0 Å². The van der Waals surface area contributed by atoms with Crippen LogP contribution in [0.2, 0.25) is 0 Å². The van der Waals surface area contributed by atoms with E-state index in [2.05, 4.69) is 54.8 Å². The van der Waals surface area contributed by atoms with Crippen LogP contribution in [0.3, 0.4) is 0 Å². The summed E-state index contributed by atoms with van der Waals surface area (Å²) in [5.74, 6) is -0.183. The largest absolute Gasteiger partial charge is 0.780 e. The Labute approximate surface area is 845 Å². The number of H-pyrrole nitrogens is 4. The van der Waals surface area contributed by atoms with Gasteiger partial charge in [0.25, 0.3) is 22.2 Å². The lowest BCUT2D eigenvalue weighted by molar-refractivity contribution is -0.221. The first-order valence-corrected chi connectivity index (χ1v) is 61.1. The Balaban J connectivity index is 0.607. The number of nitrogens with two attached hydrogens (primary N) is 3. The molecule has 7 aliphatic heterocycles. The molecule has 10 N–H and O–H groups in total. The Kier molecular flexibility index (Phi) is 34.0.